The quantitative estimate of drug-likeness (QED) is 0.354. The van der Waals surface area contributed by atoms with Gasteiger partial charge in [-0.15, -0.1) is 33.7 Å². The van der Waals surface area contributed by atoms with E-state index in [1.165, 1.54) is 82.4 Å². The van der Waals surface area contributed by atoms with Gasteiger partial charge in [-0.05, 0) is 38.0 Å². The maximum absolute atomic E-state index is 3.84. The van der Waals surface area contributed by atoms with Gasteiger partial charge < -0.3 is 24.8 Å². The van der Waals surface area contributed by atoms with Crippen LogP contribution >= 0.6 is 0 Å². The van der Waals surface area contributed by atoms with E-state index in [9.17, 15) is 0 Å². The molecule has 1 atom stereocenters. The number of halogens is 2. The van der Waals surface area contributed by atoms with E-state index in [0.29, 0.717) is 0 Å². The summed E-state index contributed by atoms with van der Waals surface area (Å²) in [4.78, 5) is 0. The number of aryl methyl sites for hydroxylation is 2. The Balaban J connectivity index is 0.000000258. The first-order valence-electron chi connectivity index (χ1n) is 14.7. The molecule has 42 heavy (non-hydrogen) atoms. The monoisotopic (exact) mass is 667 g/mol. The molecule has 3 aromatic carbocycles. The molecular formula is C39H39Cl2Zr-. The number of hydrogen-bond donors (Lipinski definition) is 0. The average molecular weight is 670 g/mol. The minimum absolute atomic E-state index is 0. The van der Waals surface area contributed by atoms with Gasteiger partial charge in [-0.2, -0.15) is 0 Å². The van der Waals surface area contributed by atoms with Crippen molar-refractivity contribution in [1.82, 2.24) is 0 Å². The molecule has 0 radical (unpaired) electrons. The van der Waals surface area contributed by atoms with Crippen molar-refractivity contribution in [2.24, 2.45) is 5.41 Å². The molecule has 0 N–H and O–H groups in total. The van der Waals surface area contributed by atoms with E-state index < -0.39 is 0 Å². The third kappa shape index (κ3) is 6.60. The molecule has 0 amide bonds. The van der Waals surface area contributed by atoms with Crippen molar-refractivity contribution in [3.63, 3.8) is 0 Å². The predicted octanol–water partition coefficient (Wildman–Crippen LogP) is 2.14. The topological polar surface area (TPSA) is 0 Å². The van der Waals surface area contributed by atoms with Crippen molar-refractivity contribution >= 4 is 14.9 Å². The Labute approximate surface area is 279 Å². The zero-order valence-corrected chi connectivity index (χ0v) is 29.3. The van der Waals surface area contributed by atoms with E-state index >= 15 is 0 Å². The summed E-state index contributed by atoms with van der Waals surface area (Å²) in [5.74, 6) is 0. The van der Waals surface area contributed by atoms with Gasteiger partial charge in [0.05, 0.1) is 0 Å². The van der Waals surface area contributed by atoms with Crippen LogP contribution in [0.4, 0.5) is 0 Å². The van der Waals surface area contributed by atoms with Crippen molar-refractivity contribution in [2.75, 3.05) is 0 Å². The van der Waals surface area contributed by atoms with Gasteiger partial charge in [0.25, 0.3) is 0 Å². The summed E-state index contributed by atoms with van der Waals surface area (Å²) < 4.78 is 1.42. The van der Waals surface area contributed by atoms with Crippen molar-refractivity contribution in [3.8, 4) is 0 Å². The van der Waals surface area contributed by atoms with Crippen molar-refractivity contribution in [3.05, 3.63) is 152 Å². The second-order valence-corrected chi connectivity index (χ2v) is 12.4. The zero-order valence-electron chi connectivity index (χ0n) is 25.3. The van der Waals surface area contributed by atoms with Crippen LogP contribution in [0.15, 0.2) is 119 Å². The van der Waals surface area contributed by atoms with Crippen LogP contribution in [0.3, 0.4) is 0 Å². The van der Waals surface area contributed by atoms with Crippen molar-refractivity contribution in [2.45, 2.75) is 60.3 Å². The van der Waals surface area contributed by atoms with E-state index in [1.807, 2.05) is 0 Å². The van der Waals surface area contributed by atoms with E-state index in [4.69, 9.17) is 0 Å². The number of allylic oxidation sites excluding steroid dienone is 8. The first kappa shape index (κ1) is 34.2. The van der Waals surface area contributed by atoms with E-state index in [-0.39, 0.29) is 30.2 Å². The van der Waals surface area contributed by atoms with Crippen LogP contribution in [-0.4, -0.2) is 3.21 Å². The standard InChI is InChI=1S/C26H29.C13H10.2ClH.Zr/c1-6-18-13-17(4)14-20-15-23-22(24(18)20)16-21(7-2)26(5,8-3)25(23)19-11-9-10-12-19;1-3-7-12(8-4-1)11-13-9-5-2-6-10-13;;;/h9-11,13-14,16H,6-8,12H2,1-5H3;1-10H;2*1H;/q-1;;;;+2/p-2. The summed E-state index contributed by atoms with van der Waals surface area (Å²) in [5.41, 5.74) is 12.9. The Bertz CT molecular complexity index is 1650. The van der Waals surface area contributed by atoms with Gasteiger partial charge in [0.15, 0.2) is 0 Å². The van der Waals surface area contributed by atoms with Gasteiger partial charge in [0.2, 0.25) is 0 Å². The summed E-state index contributed by atoms with van der Waals surface area (Å²) in [6.07, 6.45) is 17.5. The van der Waals surface area contributed by atoms with Gasteiger partial charge in [0.1, 0.15) is 0 Å². The molecule has 3 heteroatoms. The Kier molecular flexibility index (Phi) is 12.1. The molecule has 0 fully saturated rings. The Morgan fingerprint density at radius 3 is 2.00 bits per heavy atom. The SMILES string of the molecule is CCC1=CC2=c3c(CC)cc(C)cc3=[C-]C2=C(C2=CC=CC2)C1(C)CC.[Cl-].[Cl-].[Zr+2]=[C](c1ccccc1)c1ccccc1. The summed E-state index contributed by atoms with van der Waals surface area (Å²) in [6.45, 7) is 11.6. The fourth-order valence-electron chi connectivity index (χ4n) is 6.42. The summed E-state index contributed by atoms with van der Waals surface area (Å²) in [7, 11) is 0. The molecular weight excluding hydrogens is 631 g/mol. The van der Waals surface area contributed by atoms with Crippen LogP contribution in [0, 0.1) is 12.3 Å². The third-order valence-electron chi connectivity index (χ3n) is 8.68. The van der Waals surface area contributed by atoms with Crippen LogP contribution in [0.25, 0.3) is 11.6 Å². The molecule has 0 saturated carbocycles. The maximum atomic E-state index is 3.84. The normalized spacial score (nSPS) is 17.9. The van der Waals surface area contributed by atoms with Gasteiger partial charge in [-0.1, -0.05) is 85.9 Å². The fraction of sp³-hybridized carbons (Fsp3) is 0.256. The molecule has 0 spiro atoms. The fourth-order valence-corrected chi connectivity index (χ4v) is 7.23. The molecule has 1 unspecified atom stereocenters. The summed E-state index contributed by atoms with van der Waals surface area (Å²) >= 11 is 1.46. The summed E-state index contributed by atoms with van der Waals surface area (Å²) in [6, 6.07) is 25.8. The first-order chi connectivity index (χ1) is 19.4. The van der Waals surface area contributed by atoms with Crippen LogP contribution in [0.5, 0.6) is 0 Å². The number of fused-ring (bicyclic) bond motifs is 2. The van der Waals surface area contributed by atoms with Gasteiger partial charge in [-0.3, -0.25) is 0 Å². The molecule has 3 aliphatic carbocycles. The average Bonchev–Trinajstić information content (AvgIpc) is 3.65. The van der Waals surface area contributed by atoms with Gasteiger partial charge in [-0.25, -0.2) is 0 Å². The molecule has 0 saturated heterocycles. The zero-order chi connectivity index (χ0) is 28.3. The van der Waals surface area contributed by atoms with Crippen molar-refractivity contribution < 1.29 is 49.0 Å². The molecule has 0 aliphatic heterocycles. The van der Waals surface area contributed by atoms with Crippen LogP contribution in [0.2, 0.25) is 0 Å². The second kappa shape index (κ2) is 14.9. The van der Waals surface area contributed by atoms with E-state index in [0.717, 1.165) is 25.7 Å². The number of hydrogen-bond acceptors (Lipinski definition) is 0. The Hall–Kier alpha value is -2.31. The van der Waals surface area contributed by atoms with E-state index in [2.05, 4.69) is 138 Å². The predicted molar refractivity (Wildman–Crippen MR) is 168 cm³/mol. The number of rotatable bonds is 6. The van der Waals surface area contributed by atoms with Gasteiger partial charge >= 0.3 is 99.2 Å². The summed E-state index contributed by atoms with van der Waals surface area (Å²) in [5, 5.41) is 2.73. The number of benzene rings is 3. The second-order valence-electron chi connectivity index (χ2n) is 11.1. The third-order valence-corrected chi connectivity index (χ3v) is 10.1. The minimum atomic E-state index is 0. The molecule has 0 aromatic heterocycles. The molecule has 3 aliphatic rings. The van der Waals surface area contributed by atoms with E-state index in [1.54, 1.807) is 5.57 Å². The molecule has 0 nitrogen and oxygen atoms in total. The van der Waals surface area contributed by atoms with Crippen LogP contribution in [-0.2, 0) is 30.7 Å². The van der Waals surface area contributed by atoms with Crippen LogP contribution in [0.1, 0.15) is 69.2 Å². The molecule has 6 rings (SSSR count). The first-order valence-corrected chi connectivity index (χ1v) is 15.9. The van der Waals surface area contributed by atoms with Crippen molar-refractivity contribution in [1.29, 1.82) is 0 Å². The van der Waals surface area contributed by atoms with Gasteiger partial charge in [0, 0.05) is 0 Å². The Morgan fingerprint density at radius 1 is 0.881 bits per heavy atom. The molecule has 3 aromatic rings. The van der Waals surface area contributed by atoms with Crippen LogP contribution < -0.4 is 35.3 Å². The molecule has 0 bridgehead atoms. The Morgan fingerprint density at radius 2 is 1.50 bits per heavy atom. The molecule has 214 valence electrons. The molecule has 0 heterocycles.